The van der Waals surface area contributed by atoms with E-state index < -0.39 is 12.6 Å². The molecule has 1 rings (SSSR count). The number of aliphatic hydroxyl groups is 1. The van der Waals surface area contributed by atoms with E-state index in [1.165, 1.54) is 36.2 Å². The molecule has 18 heavy (non-hydrogen) atoms. The molecule has 0 fully saturated rings. The summed E-state index contributed by atoms with van der Waals surface area (Å²) in [6, 6.07) is 5.15. The lowest BCUT2D eigenvalue weighted by molar-refractivity contribution is -0.0498. The molecule has 0 aliphatic carbocycles. The number of carbonyl (C=O) groups excluding carboxylic acids is 1. The predicted octanol–water partition coefficient (Wildman–Crippen LogP) is 1.74. The van der Waals surface area contributed by atoms with Gasteiger partial charge in [-0.25, -0.2) is 4.79 Å². The molecule has 2 amide bonds. The van der Waals surface area contributed by atoms with Gasteiger partial charge in [0.1, 0.15) is 5.75 Å². The third-order valence-electron chi connectivity index (χ3n) is 2.11. The van der Waals surface area contributed by atoms with Gasteiger partial charge in [-0.2, -0.15) is 8.78 Å². The molecule has 100 valence electrons. The largest absolute Gasteiger partial charge is 0.435 e. The Morgan fingerprint density at radius 3 is 2.56 bits per heavy atom. The minimum atomic E-state index is -2.87. The Balaban J connectivity index is 2.55. The van der Waals surface area contributed by atoms with Gasteiger partial charge in [0.25, 0.3) is 0 Å². The summed E-state index contributed by atoms with van der Waals surface area (Å²) < 4.78 is 28.0. The lowest BCUT2D eigenvalue weighted by atomic mass is 10.3. The van der Waals surface area contributed by atoms with E-state index in [-0.39, 0.29) is 18.9 Å². The standard InChI is InChI=1S/C11H14F2N2O3/c1-15(6-7-16)11(17)14-8-2-4-9(5-3-8)18-10(12)13/h2-5,10,16H,6-7H2,1H3,(H,14,17). The minimum Gasteiger partial charge on any atom is -0.435 e. The van der Waals surface area contributed by atoms with Crippen LogP contribution >= 0.6 is 0 Å². The predicted molar refractivity (Wildman–Crippen MR) is 61.8 cm³/mol. The van der Waals surface area contributed by atoms with Crippen molar-refractivity contribution in [1.82, 2.24) is 4.90 Å². The summed E-state index contributed by atoms with van der Waals surface area (Å²) in [4.78, 5) is 12.8. The van der Waals surface area contributed by atoms with Crippen molar-refractivity contribution in [2.24, 2.45) is 0 Å². The number of nitrogens with one attached hydrogen (secondary N) is 1. The lowest BCUT2D eigenvalue weighted by Gasteiger charge is -2.16. The number of halogens is 2. The van der Waals surface area contributed by atoms with Gasteiger partial charge in [-0.05, 0) is 24.3 Å². The SMILES string of the molecule is CN(CCO)C(=O)Nc1ccc(OC(F)F)cc1. The van der Waals surface area contributed by atoms with Gasteiger partial charge in [-0.15, -0.1) is 0 Å². The van der Waals surface area contributed by atoms with Crippen LogP contribution in [0.1, 0.15) is 0 Å². The fraction of sp³-hybridized carbons (Fsp3) is 0.364. The van der Waals surface area contributed by atoms with Crippen molar-refractivity contribution in [2.45, 2.75) is 6.61 Å². The van der Waals surface area contributed by atoms with Gasteiger partial charge in [0, 0.05) is 19.3 Å². The number of urea groups is 1. The first kappa shape index (κ1) is 14.2. The summed E-state index contributed by atoms with van der Waals surface area (Å²) >= 11 is 0. The lowest BCUT2D eigenvalue weighted by Crippen LogP contribution is -2.33. The molecular formula is C11H14F2N2O3. The van der Waals surface area contributed by atoms with Crippen LogP contribution in [0.2, 0.25) is 0 Å². The van der Waals surface area contributed by atoms with Crippen molar-refractivity contribution in [3.05, 3.63) is 24.3 Å². The number of carbonyl (C=O) groups is 1. The maximum Gasteiger partial charge on any atom is 0.387 e. The zero-order chi connectivity index (χ0) is 13.5. The van der Waals surface area contributed by atoms with E-state index in [4.69, 9.17) is 5.11 Å². The van der Waals surface area contributed by atoms with Crippen LogP contribution in [0.3, 0.4) is 0 Å². The number of ether oxygens (including phenoxy) is 1. The normalized spacial score (nSPS) is 10.3. The zero-order valence-corrected chi connectivity index (χ0v) is 9.77. The first-order valence-electron chi connectivity index (χ1n) is 5.21. The highest BCUT2D eigenvalue weighted by molar-refractivity contribution is 5.89. The molecule has 5 nitrogen and oxygen atoms in total. The molecule has 0 aliphatic rings. The quantitative estimate of drug-likeness (QED) is 0.847. The van der Waals surface area contributed by atoms with E-state index in [0.717, 1.165) is 0 Å². The van der Waals surface area contributed by atoms with E-state index in [1.807, 2.05) is 0 Å². The van der Waals surface area contributed by atoms with Gasteiger partial charge in [0.15, 0.2) is 0 Å². The van der Waals surface area contributed by atoms with Crippen LogP contribution < -0.4 is 10.1 Å². The molecule has 2 N–H and O–H groups in total. The number of likely N-dealkylation sites (N-methyl/N-ethyl adjacent to an activating group) is 1. The summed E-state index contributed by atoms with van der Waals surface area (Å²) in [5, 5.41) is 11.2. The molecule has 0 atom stereocenters. The van der Waals surface area contributed by atoms with E-state index >= 15 is 0 Å². The fourth-order valence-electron chi connectivity index (χ4n) is 1.19. The Morgan fingerprint density at radius 2 is 2.06 bits per heavy atom. The van der Waals surface area contributed by atoms with E-state index in [2.05, 4.69) is 10.1 Å². The monoisotopic (exact) mass is 260 g/mol. The Morgan fingerprint density at radius 1 is 1.44 bits per heavy atom. The number of benzene rings is 1. The number of rotatable bonds is 5. The molecular weight excluding hydrogens is 246 g/mol. The van der Waals surface area contributed by atoms with Gasteiger partial charge in [-0.3, -0.25) is 0 Å². The highest BCUT2D eigenvalue weighted by Crippen LogP contribution is 2.17. The molecule has 1 aromatic rings. The molecule has 0 aliphatic heterocycles. The van der Waals surface area contributed by atoms with Crippen molar-refractivity contribution >= 4 is 11.7 Å². The highest BCUT2D eigenvalue weighted by Gasteiger charge is 2.08. The van der Waals surface area contributed by atoms with Crippen molar-refractivity contribution in [2.75, 3.05) is 25.5 Å². The molecule has 0 saturated heterocycles. The molecule has 0 saturated carbocycles. The van der Waals surface area contributed by atoms with Crippen LogP contribution in [0.5, 0.6) is 5.75 Å². The second-order valence-electron chi connectivity index (χ2n) is 3.48. The van der Waals surface area contributed by atoms with Crippen LogP contribution in [0, 0.1) is 0 Å². The average Bonchev–Trinajstić information content (AvgIpc) is 2.31. The average molecular weight is 260 g/mol. The summed E-state index contributed by atoms with van der Waals surface area (Å²) in [6.45, 7) is -2.80. The molecule has 7 heteroatoms. The number of nitrogens with zero attached hydrogens (tertiary/aromatic N) is 1. The van der Waals surface area contributed by atoms with E-state index in [0.29, 0.717) is 5.69 Å². The number of hydrogen-bond acceptors (Lipinski definition) is 3. The molecule has 1 aromatic carbocycles. The van der Waals surface area contributed by atoms with Crippen LogP contribution in [-0.4, -0.2) is 42.8 Å². The van der Waals surface area contributed by atoms with E-state index in [1.54, 1.807) is 0 Å². The van der Waals surface area contributed by atoms with Gasteiger partial charge < -0.3 is 20.1 Å². The molecule has 0 aromatic heterocycles. The van der Waals surface area contributed by atoms with Crippen LogP contribution in [0.4, 0.5) is 19.3 Å². The van der Waals surface area contributed by atoms with Crippen molar-refractivity contribution in [3.63, 3.8) is 0 Å². The smallest absolute Gasteiger partial charge is 0.387 e. The molecule has 0 radical (unpaired) electrons. The van der Waals surface area contributed by atoms with Crippen LogP contribution in [0.15, 0.2) is 24.3 Å². The first-order chi connectivity index (χ1) is 8.52. The molecule has 0 heterocycles. The van der Waals surface area contributed by atoms with Gasteiger partial charge >= 0.3 is 12.6 Å². The Labute approximate surface area is 103 Å². The summed E-state index contributed by atoms with van der Waals surface area (Å²) in [6.07, 6.45) is 0. The summed E-state index contributed by atoms with van der Waals surface area (Å²) in [5.74, 6) is 0.0201. The fourth-order valence-corrected chi connectivity index (χ4v) is 1.19. The zero-order valence-electron chi connectivity index (χ0n) is 9.77. The molecule has 0 bridgehead atoms. The topological polar surface area (TPSA) is 61.8 Å². The number of aliphatic hydroxyl groups excluding tert-OH is 1. The van der Waals surface area contributed by atoms with Crippen molar-refractivity contribution < 1.29 is 23.4 Å². The third-order valence-corrected chi connectivity index (χ3v) is 2.11. The second-order valence-corrected chi connectivity index (χ2v) is 3.48. The number of hydrogen-bond donors (Lipinski definition) is 2. The Kier molecular flexibility index (Phi) is 5.31. The molecule has 0 unspecified atom stereocenters. The van der Waals surface area contributed by atoms with E-state index in [9.17, 15) is 13.6 Å². The summed E-state index contributed by atoms with van der Waals surface area (Å²) in [7, 11) is 1.53. The number of amides is 2. The first-order valence-corrected chi connectivity index (χ1v) is 5.21. The van der Waals surface area contributed by atoms with Crippen LogP contribution in [0.25, 0.3) is 0 Å². The minimum absolute atomic E-state index is 0.0201. The second kappa shape index (κ2) is 6.75. The Hall–Kier alpha value is -1.89. The molecule has 0 spiro atoms. The Bertz CT molecular complexity index is 384. The number of alkyl halides is 2. The maximum atomic E-state index is 11.9. The maximum absolute atomic E-state index is 11.9. The van der Waals surface area contributed by atoms with Gasteiger partial charge in [0.05, 0.1) is 6.61 Å². The van der Waals surface area contributed by atoms with Crippen molar-refractivity contribution in [1.29, 1.82) is 0 Å². The highest BCUT2D eigenvalue weighted by atomic mass is 19.3. The summed E-state index contributed by atoms with van der Waals surface area (Å²) in [5.41, 5.74) is 0.450. The number of anilines is 1. The van der Waals surface area contributed by atoms with Crippen LogP contribution in [-0.2, 0) is 0 Å². The van der Waals surface area contributed by atoms with Gasteiger partial charge in [-0.1, -0.05) is 0 Å². The van der Waals surface area contributed by atoms with Crippen molar-refractivity contribution in [3.8, 4) is 5.75 Å². The third kappa shape index (κ3) is 4.54. The van der Waals surface area contributed by atoms with Gasteiger partial charge in [0.2, 0.25) is 0 Å².